The molecular formula is C62H46N2Si. The quantitative estimate of drug-likeness (QED) is 0.111. The maximum absolute atomic E-state index is 2.54. The van der Waals surface area contributed by atoms with E-state index in [0.29, 0.717) is 0 Å². The molecule has 11 aromatic carbocycles. The highest BCUT2D eigenvalue weighted by Crippen LogP contribution is 2.45. The Kier molecular flexibility index (Phi) is 9.32. The third-order valence-corrected chi connectivity index (χ3v) is 17.1. The Morgan fingerprint density at radius 2 is 0.677 bits per heavy atom. The summed E-state index contributed by atoms with van der Waals surface area (Å²) in [6, 6.07) is 89.1. The summed E-state index contributed by atoms with van der Waals surface area (Å²) in [5.41, 5.74) is 14.5. The van der Waals surface area contributed by atoms with Gasteiger partial charge in [-0.3, -0.25) is 0 Å². The van der Waals surface area contributed by atoms with Crippen LogP contribution in [0.4, 0.5) is 34.1 Å². The Labute approximate surface area is 382 Å². The van der Waals surface area contributed by atoms with Crippen LogP contribution >= 0.6 is 0 Å². The van der Waals surface area contributed by atoms with Crippen molar-refractivity contribution in [1.29, 1.82) is 0 Å². The second kappa shape index (κ2) is 15.7. The van der Waals surface area contributed by atoms with Crippen LogP contribution < -0.4 is 20.2 Å². The van der Waals surface area contributed by atoms with E-state index in [1.165, 1.54) is 76.1 Å². The van der Waals surface area contributed by atoms with Crippen LogP contribution in [0.5, 0.6) is 0 Å². The lowest BCUT2D eigenvalue weighted by Crippen LogP contribution is -2.55. The first kappa shape index (κ1) is 38.7. The molecule has 0 unspecified atom stereocenters. The number of nitrogens with zero attached hydrogens (tertiary/aromatic N) is 2. The summed E-state index contributed by atoms with van der Waals surface area (Å²) in [5.74, 6) is 0. The largest absolute Gasteiger partial charge is 0.311 e. The predicted octanol–water partition coefficient (Wildman–Crippen LogP) is 16.2. The lowest BCUT2D eigenvalue weighted by Gasteiger charge is -2.34. The zero-order valence-corrected chi connectivity index (χ0v) is 37.5. The number of anilines is 6. The fraction of sp³-hybridized carbons (Fsp3) is 0.0323. The first-order valence-corrected chi connectivity index (χ1v) is 25.6. The van der Waals surface area contributed by atoms with E-state index in [1.807, 2.05) is 0 Å². The Hall–Kier alpha value is -7.98. The van der Waals surface area contributed by atoms with Gasteiger partial charge in [-0.1, -0.05) is 171 Å². The molecule has 0 bridgehead atoms. The molecular weight excluding hydrogens is 801 g/mol. The highest BCUT2D eigenvalue weighted by Gasteiger charge is 2.36. The van der Waals surface area contributed by atoms with Crippen LogP contribution in [-0.4, -0.2) is 8.07 Å². The molecule has 12 rings (SSSR count). The Morgan fingerprint density at radius 1 is 0.262 bits per heavy atom. The van der Waals surface area contributed by atoms with Gasteiger partial charge in [-0.25, -0.2) is 0 Å². The van der Waals surface area contributed by atoms with Gasteiger partial charge in [0, 0.05) is 34.1 Å². The van der Waals surface area contributed by atoms with E-state index in [-0.39, 0.29) is 0 Å². The highest BCUT2D eigenvalue weighted by atomic mass is 28.3. The van der Waals surface area contributed by atoms with E-state index >= 15 is 0 Å². The fourth-order valence-corrected chi connectivity index (χ4v) is 13.6. The normalized spacial score (nSPS) is 12.6. The average molecular weight is 847 g/mol. The minimum atomic E-state index is -2.15. The minimum Gasteiger partial charge on any atom is -0.311 e. The molecule has 65 heavy (non-hydrogen) atoms. The van der Waals surface area contributed by atoms with Crippen LogP contribution in [0.1, 0.15) is 0 Å². The van der Waals surface area contributed by atoms with Crippen molar-refractivity contribution in [3.63, 3.8) is 0 Å². The second-order valence-corrected chi connectivity index (χ2v) is 22.0. The van der Waals surface area contributed by atoms with E-state index < -0.39 is 8.07 Å². The molecule has 0 aromatic heterocycles. The van der Waals surface area contributed by atoms with Crippen LogP contribution in [0, 0.1) is 0 Å². The summed E-state index contributed by atoms with van der Waals surface area (Å²) in [6.45, 7) is 5.08. The van der Waals surface area contributed by atoms with Gasteiger partial charge >= 0.3 is 0 Å². The fourth-order valence-electron chi connectivity index (χ4n) is 10.4. The van der Waals surface area contributed by atoms with Crippen molar-refractivity contribution in [3.8, 4) is 33.4 Å². The number of fused-ring (bicyclic) bond motifs is 6. The van der Waals surface area contributed by atoms with Gasteiger partial charge in [0.15, 0.2) is 0 Å². The molecule has 0 amide bonds. The van der Waals surface area contributed by atoms with Crippen LogP contribution in [0.25, 0.3) is 65.7 Å². The van der Waals surface area contributed by atoms with Crippen LogP contribution in [0.2, 0.25) is 13.1 Å². The number of hydrogen-bond donors (Lipinski definition) is 0. The van der Waals surface area contributed by atoms with Gasteiger partial charge in [0.1, 0.15) is 8.07 Å². The number of hydrogen-bond acceptors (Lipinski definition) is 2. The highest BCUT2D eigenvalue weighted by molar-refractivity contribution is 7.03. The molecule has 3 heteroatoms. The van der Waals surface area contributed by atoms with Crippen molar-refractivity contribution >= 4 is 84.9 Å². The maximum Gasteiger partial charge on any atom is 0.113 e. The smallest absolute Gasteiger partial charge is 0.113 e. The Morgan fingerprint density at radius 3 is 1.22 bits per heavy atom. The molecule has 0 aliphatic carbocycles. The van der Waals surface area contributed by atoms with Crippen molar-refractivity contribution < 1.29 is 0 Å². The standard InChI is InChI=1S/C62H46N2Si/c1-65(2)60-29-17-28-55-58-41-56(44-32-37-51(38-33-44)64(48-22-11-5-12-23-48)49-24-13-6-14-25-49)52-26-15-16-27-53(52)57(58)42-59(62(55)60)54-39-34-45(40-61(54)65)43-30-35-50(36-31-43)63(46-18-7-3-8-19-46)47-20-9-4-10-21-47/h3-42H,1-2H3. The average Bonchev–Trinajstić information content (AvgIpc) is 3.37. The van der Waals surface area contributed by atoms with Crippen molar-refractivity contribution in [2.45, 2.75) is 13.1 Å². The molecule has 1 aliphatic rings. The van der Waals surface area contributed by atoms with Gasteiger partial charge in [0.25, 0.3) is 0 Å². The third kappa shape index (κ3) is 6.55. The molecule has 11 aromatic rings. The van der Waals surface area contributed by atoms with E-state index in [9.17, 15) is 0 Å². The van der Waals surface area contributed by atoms with Crippen molar-refractivity contribution in [2.24, 2.45) is 0 Å². The van der Waals surface area contributed by atoms with E-state index in [2.05, 4.69) is 266 Å². The molecule has 0 atom stereocenters. The lowest BCUT2D eigenvalue weighted by atomic mass is 9.87. The molecule has 308 valence electrons. The minimum absolute atomic E-state index is 1.13. The molecule has 1 aliphatic heterocycles. The summed E-state index contributed by atoms with van der Waals surface area (Å²) in [4.78, 5) is 4.65. The van der Waals surface area contributed by atoms with Gasteiger partial charge in [-0.2, -0.15) is 0 Å². The molecule has 2 nitrogen and oxygen atoms in total. The first-order valence-electron chi connectivity index (χ1n) is 22.6. The second-order valence-electron chi connectivity index (χ2n) is 17.7. The topological polar surface area (TPSA) is 6.48 Å². The molecule has 0 radical (unpaired) electrons. The van der Waals surface area contributed by atoms with Crippen LogP contribution in [0.15, 0.2) is 243 Å². The summed E-state index contributed by atoms with van der Waals surface area (Å²) >= 11 is 0. The first-order chi connectivity index (χ1) is 32.0. The zero-order valence-electron chi connectivity index (χ0n) is 36.5. The zero-order chi connectivity index (χ0) is 43.5. The monoisotopic (exact) mass is 846 g/mol. The Balaban J connectivity index is 0.961. The van der Waals surface area contributed by atoms with Gasteiger partial charge in [0.05, 0.1) is 0 Å². The van der Waals surface area contributed by atoms with Crippen molar-refractivity contribution in [3.05, 3.63) is 243 Å². The molecule has 0 N–H and O–H groups in total. The summed E-state index contributed by atoms with van der Waals surface area (Å²) in [6.07, 6.45) is 0. The van der Waals surface area contributed by atoms with Gasteiger partial charge in [-0.05, 0) is 161 Å². The van der Waals surface area contributed by atoms with E-state index in [0.717, 1.165) is 34.1 Å². The maximum atomic E-state index is 2.54. The molecule has 0 saturated carbocycles. The Bertz CT molecular complexity index is 3450. The summed E-state index contributed by atoms with van der Waals surface area (Å²) in [5, 5.41) is 10.9. The number of benzene rings is 11. The predicted molar refractivity (Wildman–Crippen MR) is 281 cm³/mol. The van der Waals surface area contributed by atoms with Crippen LogP contribution in [0.3, 0.4) is 0 Å². The van der Waals surface area contributed by atoms with E-state index in [1.54, 1.807) is 0 Å². The number of para-hydroxylation sites is 4. The molecule has 0 saturated heterocycles. The van der Waals surface area contributed by atoms with Crippen LogP contribution in [-0.2, 0) is 0 Å². The van der Waals surface area contributed by atoms with Crippen molar-refractivity contribution in [1.82, 2.24) is 0 Å². The third-order valence-electron chi connectivity index (χ3n) is 13.6. The molecule has 0 spiro atoms. The van der Waals surface area contributed by atoms with E-state index in [4.69, 9.17) is 0 Å². The molecule has 1 heterocycles. The summed E-state index contributed by atoms with van der Waals surface area (Å²) < 4.78 is 0. The molecule has 0 fully saturated rings. The number of rotatable bonds is 8. The lowest BCUT2D eigenvalue weighted by molar-refractivity contribution is 1.28. The van der Waals surface area contributed by atoms with Gasteiger partial charge in [-0.15, -0.1) is 0 Å². The van der Waals surface area contributed by atoms with Crippen molar-refractivity contribution in [2.75, 3.05) is 9.80 Å². The SMILES string of the molecule is C[Si]1(C)c2cc(-c3ccc(N(c4ccccc4)c4ccccc4)cc3)ccc2-c2cc3c4ccccc4c(-c4ccc(N(c5ccccc5)c5ccccc5)cc4)cc3c3cccc1c23. The van der Waals surface area contributed by atoms with Gasteiger partial charge in [0.2, 0.25) is 0 Å². The summed E-state index contributed by atoms with van der Waals surface area (Å²) in [7, 11) is -2.15. The van der Waals surface area contributed by atoms with Gasteiger partial charge < -0.3 is 9.80 Å².